The molecule has 1 aliphatic heterocycles. The minimum Gasteiger partial charge on any atom is -0.353 e. The first-order valence-corrected chi connectivity index (χ1v) is 7.69. The normalized spacial score (nSPS) is 15.0. The molecule has 4 nitrogen and oxygen atoms in total. The van der Waals surface area contributed by atoms with Gasteiger partial charge in [0.2, 0.25) is 0 Å². The Bertz CT molecular complexity index is 957. The molecule has 0 atom stereocenters. The molecule has 2 N–H and O–H groups in total. The molecule has 0 spiro atoms. The molecular weight excluding hydrogens is 298 g/mol. The molecule has 3 heterocycles. The van der Waals surface area contributed by atoms with E-state index in [1.54, 1.807) is 12.3 Å². The first-order valence-electron chi connectivity index (χ1n) is 7.69. The van der Waals surface area contributed by atoms with E-state index < -0.39 is 0 Å². The van der Waals surface area contributed by atoms with Crippen molar-refractivity contribution in [3.8, 4) is 11.4 Å². The van der Waals surface area contributed by atoms with Crippen molar-refractivity contribution in [2.24, 2.45) is 4.99 Å². The number of aliphatic imine (C=N–C) groups is 1. The van der Waals surface area contributed by atoms with E-state index in [-0.39, 0.29) is 0 Å². The SMILES string of the molecule is O=Cc1ccc(-c2ccc(/C(=C3/C=CC=N3)c3ccccc3)[nH]2)[nH]1. The largest absolute Gasteiger partial charge is 0.353 e. The van der Waals surface area contributed by atoms with Crippen LogP contribution >= 0.6 is 0 Å². The highest BCUT2D eigenvalue weighted by Crippen LogP contribution is 2.30. The van der Waals surface area contributed by atoms with Crippen molar-refractivity contribution in [2.75, 3.05) is 0 Å². The van der Waals surface area contributed by atoms with Gasteiger partial charge < -0.3 is 9.97 Å². The molecule has 0 saturated heterocycles. The molecular formula is C20H15N3O. The highest BCUT2D eigenvalue weighted by molar-refractivity contribution is 5.88. The number of nitrogens with zero attached hydrogens (tertiary/aromatic N) is 1. The van der Waals surface area contributed by atoms with Crippen LogP contribution in [0.3, 0.4) is 0 Å². The van der Waals surface area contributed by atoms with Gasteiger partial charge in [0.25, 0.3) is 0 Å². The van der Waals surface area contributed by atoms with Gasteiger partial charge in [-0.1, -0.05) is 30.3 Å². The van der Waals surface area contributed by atoms with Gasteiger partial charge in [-0.15, -0.1) is 0 Å². The number of aldehydes is 1. The summed E-state index contributed by atoms with van der Waals surface area (Å²) in [4.78, 5) is 21.8. The van der Waals surface area contributed by atoms with Crippen molar-refractivity contribution in [1.82, 2.24) is 9.97 Å². The number of H-pyrrole nitrogens is 2. The number of allylic oxidation sites excluding steroid dienone is 2. The quantitative estimate of drug-likeness (QED) is 0.696. The average Bonchev–Trinajstić information content (AvgIpc) is 3.38. The van der Waals surface area contributed by atoms with Crippen molar-refractivity contribution >= 4 is 18.1 Å². The van der Waals surface area contributed by atoms with Gasteiger partial charge >= 0.3 is 0 Å². The number of rotatable bonds is 4. The highest BCUT2D eigenvalue weighted by Gasteiger charge is 2.14. The van der Waals surface area contributed by atoms with E-state index in [0.29, 0.717) is 5.69 Å². The summed E-state index contributed by atoms with van der Waals surface area (Å²) in [6.07, 6.45) is 6.54. The van der Waals surface area contributed by atoms with Gasteiger partial charge in [0, 0.05) is 17.5 Å². The average molecular weight is 313 g/mol. The summed E-state index contributed by atoms with van der Waals surface area (Å²) in [7, 11) is 0. The number of hydrogen-bond donors (Lipinski definition) is 2. The zero-order valence-electron chi connectivity index (χ0n) is 12.9. The van der Waals surface area contributed by atoms with E-state index in [1.807, 2.05) is 48.6 Å². The molecule has 0 radical (unpaired) electrons. The van der Waals surface area contributed by atoms with Crippen LogP contribution in [0.25, 0.3) is 17.0 Å². The second kappa shape index (κ2) is 6.01. The molecule has 0 aliphatic carbocycles. The van der Waals surface area contributed by atoms with Crippen molar-refractivity contribution < 1.29 is 4.79 Å². The molecule has 0 amide bonds. The van der Waals surface area contributed by atoms with Crippen molar-refractivity contribution in [2.45, 2.75) is 0 Å². The summed E-state index contributed by atoms with van der Waals surface area (Å²) in [6, 6.07) is 17.9. The summed E-state index contributed by atoms with van der Waals surface area (Å²) in [5, 5.41) is 0. The third-order valence-corrected chi connectivity index (χ3v) is 3.95. The lowest BCUT2D eigenvalue weighted by Crippen LogP contribution is -1.92. The molecule has 1 aromatic carbocycles. The second-order valence-corrected chi connectivity index (χ2v) is 5.49. The molecule has 3 aromatic rings. The lowest BCUT2D eigenvalue weighted by molar-refractivity contribution is 0.111. The van der Waals surface area contributed by atoms with Crippen LogP contribution in [0.5, 0.6) is 0 Å². The molecule has 4 heteroatoms. The monoisotopic (exact) mass is 313 g/mol. The van der Waals surface area contributed by atoms with Crippen LogP contribution in [0.1, 0.15) is 21.7 Å². The van der Waals surface area contributed by atoms with Crippen molar-refractivity contribution in [3.05, 3.63) is 89.4 Å². The fourth-order valence-corrected chi connectivity index (χ4v) is 2.83. The lowest BCUT2D eigenvalue weighted by atomic mass is 10.0. The van der Waals surface area contributed by atoms with Gasteiger partial charge in [0.1, 0.15) is 0 Å². The van der Waals surface area contributed by atoms with E-state index in [9.17, 15) is 4.79 Å². The minimum absolute atomic E-state index is 0.561. The minimum atomic E-state index is 0.561. The Morgan fingerprint density at radius 1 is 0.917 bits per heavy atom. The Labute approximate surface area is 139 Å². The van der Waals surface area contributed by atoms with Crippen LogP contribution in [-0.4, -0.2) is 22.5 Å². The van der Waals surface area contributed by atoms with Crippen LogP contribution in [0.15, 0.2) is 77.4 Å². The zero-order chi connectivity index (χ0) is 16.4. The van der Waals surface area contributed by atoms with E-state index in [4.69, 9.17) is 0 Å². The Kier molecular flexibility index (Phi) is 3.56. The van der Waals surface area contributed by atoms with Gasteiger partial charge in [-0.25, -0.2) is 0 Å². The first kappa shape index (κ1) is 14.2. The fraction of sp³-hybridized carbons (Fsp3) is 0. The van der Waals surface area contributed by atoms with E-state index in [0.717, 1.165) is 40.2 Å². The van der Waals surface area contributed by atoms with E-state index in [2.05, 4.69) is 27.1 Å². The maximum Gasteiger partial charge on any atom is 0.166 e. The zero-order valence-corrected chi connectivity index (χ0v) is 12.9. The summed E-state index contributed by atoms with van der Waals surface area (Å²) in [5.74, 6) is 0. The van der Waals surface area contributed by atoms with Crippen LogP contribution in [-0.2, 0) is 0 Å². The standard InChI is InChI=1S/C20H15N3O/c24-13-15-8-9-16(22-15)17-10-11-19(23-17)20(18-7-4-12-21-18)14-5-2-1-3-6-14/h1-13,22-23H/b20-18-. The molecule has 24 heavy (non-hydrogen) atoms. The highest BCUT2D eigenvalue weighted by atomic mass is 16.1. The number of nitrogens with one attached hydrogen (secondary N) is 2. The summed E-state index contributed by atoms with van der Waals surface area (Å²) in [5.41, 5.74) is 6.43. The Morgan fingerprint density at radius 2 is 1.71 bits per heavy atom. The van der Waals surface area contributed by atoms with Crippen molar-refractivity contribution in [3.63, 3.8) is 0 Å². The van der Waals surface area contributed by atoms with Crippen LogP contribution in [0.4, 0.5) is 0 Å². The summed E-state index contributed by atoms with van der Waals surface area (Å²) in [6.45, 7) is 0. The number of carbonyl (C=O) groups is 1. The van der Waals surface area contributed by atoms with Crippen molar-refractivity contribution in [1.29, 1.82) is 0 Å². The number of aromatic nitrogens is 2. The van der Waals surface area contributed by atoms with Crippen LogP contribution in [0, 0.1) is 0 Å². The smallest absolute Gasteiger partial charge is 0.166 e. The molecule has 0 bridgehead atoms. The fourth-order valence-electron chi connectivity index (χ4n) is 2.83. The number of aromatic amines is 2. The number of carbonyl (C=O) groups excluding carboxylic acids is 1. The van der Waals surface area contributed by atoms with Crippen LogP contribution in [0.2, 0.25) is 0 Å². The Balaban J connectivity index is 1.80. The lowest BCUT2D eigenvalue weighted by Gasteiger charge is -2.08. The molecule has 1 aliphatic rings. The number of hydrogen-bond acceptors (Lipinski definition) is 2. The predicted molar refractivity (Wildman–Crippen MR) is 96.1 cm³/mol. The Morgan fingerprint density at radius 3 is 2.42 bits per heavy atom. The topological polar surface area (TPSA) is 61.0 Å². The first-order chi connectivity index (χ1) is 11.8. The van der Waals surface area contributed by atoms with Gasteiger partial charge in [-0.05, 0) is 42.0 Å². The molecule has 116 valence electrons. The van der Waals surface area contributed by atoms with Gasteiger partial charge in [0.15, 0.2) is 6.29 Å². The molecule has 0 saturated carbocycles. The summed E-state index contributed by atoms with van der Waals surface area (Å²) >= 11 is 0. The molecule has 2 aromatic heterocycles. The van der Waals surface area contributed by atoms with E-state index >= 15 is 0 Å². The maximum absolute atomic E-state index is 10.9. The van der Waals surface area contributed by atoms with Gasteiger partial charge in [-0.3, -0.25) is 9.79 Å². The predicted octanol–water partition coefficient (Wildman–Crippen LogP) is 4.22. The number of benzene rings is 1. The summed E-state index contributed by atoms with van der Waals surface area (Å²) < 4.78 is 0. The van der Waals surface area contributed by atoms with E-state index in [1.165, 1.54) is 0 Å². The molecule has 4 rings (SSSR count). The Hall–Kier alpha value is -3.40. The molecule has 0 unspecified atom stereocenters. The van der Waals surface area contributed by atoms with Gasteiger partial charge in [-0.2, -0.15) is 0 Å². The molecule has 0 fully saturated rings. The van der Waals surface area contributed by atoms with Gasteiger partial charge in [0.05, 0.1) is 22.8 Å². The maximum atomic E-state index is 10.9. The third kappa shape index (κ3) is 2.54. The van der Waals surface area contributed by atoms with Crippen LogP contribution < -0.4 is 0 Å². The third-order valence-electron chi connectivity index (χ3n) is 3.95. The second-order valence-electron chi connectivity index (χ2n) is 5.49.